The highest BCUT2D eigenvalue weighted by Crippen LogP contribution is 2.38. The Morgan fingerprint density at radius 3 is 2.57 bits per heavy atom. The molecule has 0 radical (unpaired) electrons. The number of anilines is 1. The third kappa shape index (κ3) is 4.83. The maximum atomic E-state index is 13.3. The van der Waals surface area contributed by atoms with E-state index >= 15 is 0 Å². The van der Waals surface area contributed by atoms with Crippen LogP contribution in [0.15, 0.2) is 36.7 Å². The number of likely N-dealkylation sites (tertiary alicyclic amines) is 1. The molecule has 1 saturated heterocycles. The molecule has 0 atom stereocenters. The second-order valence-electron chi connectivity index (χ2n) is 8.35. The second-order valence-corrected chi connectivity index (χ2v) is 9.31. The topological polar surface area (TPSA) is 128 Å². The van der Waals surface area contributed by atoms with Gasteiger partial charge < -0.3 is 25.2 Å². The molecular weight excluding hydrogens is 513 g/mol. The lowest BCUT2D eigenvalue weighted by atomic mass is 10.1. The molecule has 0 unspecified atom stereocenters. The van der Waals surface area contributed by atoms with Crippen molar-refractivity contribution in [3.63, 3.8) is 0 Å². The molecule has 194 valence electrons. The normalized spacial score (nSPS) is 14.8. The number of piperidine rings is 1. The quantitative estimate of drug-likeness (QED) is 0.379. The molecule has 3 N–H and O–H groups in total. The van der Waals surface area contributed by atoms with Gasteiger partial charge in [0.1, 0.15) is 16.9 Å². The van der Waals surface area contributed by atoms with Gasteiger partial charge in [-0.3, -0.25) is 0 Å². The summed E-state index contributed by atoms with van der Waals surface area (Å²) in [7, 11) is 1.51. The molecular formula is C23H21F3N6O4S. The van der Waals surface area contributed by atoms with Gasteiger partial charge in [0.15, 0.2) is 11.5 Å². The van der Waals surface area contributed by atoms with E-state index in [1.807, 2.05) is 0 Å². The number of ether oxygens (including phenoxy) is 2. The lowest BCUT2D eigenvalue weighted by Gasteiger charge is -2.30. The lowest BCUT2D eigenvalue weighted by molar-refractivity contribution is -0.137. The van der Waals surface area contributed by atoms with E-state index in [0.717, 1.165) is 6.07 Å². The van der Waals surface area contributed by atoms with Crippen molar-refractivity contribution in [3.05, 3.63) is 42.2 Å². The molecule has 4 aromatic rings. The van der Waals surface area contributed by atoms with Crippen molar-refractivity contribution in [2.45, 2.75) is 25.1 Å². The molecule has 37 heavy (non-hydrogen) atoms. The van der Waals surface area contributed by atoms with Crippen LogP contribution in [0.1, 0.15) is 18.4 Å². The summed E-state index contributed by atoms with van der Waals surface area (Å²) in [5, 5.41) is 14.2. The predicted octanol–water partition coefficient (Wildman–Crippen LogP) is 4.65. The Hall–Kier alpha value is -4.07. The van der Waals surface area contributed by atoms with Crippen molar-refractivity contribution < 1.29 is 32.5 Å². The molecule has 1 fully saturated rings. The number of hydrogen-bond donors (Lipinski definition) is 2. The van der Waals surface area contributed by atoms with Crippen LogP contribution in [-0.2, 0) is 6.18 Å². The van der Waals surface area contributed by atoms with E-state index in [0.29, 0.717) is 58.7 Å². The fourth-order valence-electron chi connectivity index (χ4n) is 4.09. The van der Waals surface area contributed by atoms with Crippen LogP contribution in [0, 0.1) is 0 Å². The Balaban J connectivity index is 1.40. The molecule has 4 heterocycles. The summed E-state index contributed by atoms with van der Waals surface area (Å²) in [6.07, 6.45) is -1.90. The van der Waals surface area contributed by atoms with Gasteiger partial charge in [-0.05, 0) is 24.3 Å². The van der Waals surface area contributed by atoms with Crippen LogP contribution in [0.3, 0.4) is 0 Å². The zero-order valence-corrected chi connectivity index (χ0v) is 20.2. The maximum absolute atomic E-state index is 13.3. The Morgan fingerprint density at radius 1 is 1.14 bits per heavy atom. The number of pyridine rings is 1. The number of methoxy groups -OCH3 is 1. The zero-order valence-electron chi connectivity index (χ0n) is 19.4. The summed E-state index contributed by atoms with van der Waals surface area (Å²) in [5.74, 6) is 0.399. The van der Waals surface area contributed by atoms with Crippen LogP contribution in [0.5, 0.6) is 11.5 Å². The highest BCUT2D eigenvalue weighted by atomic mass is 32.1. The van der Waals surface area contributed by atoms with Gasteiger partial charge in [0.05, 0.1) is 24.6 Å². The van der Waals surface area contributed by atoms with Gasteiger partial charge in [-0.1, -0.05) is 11.3 Å². The number of aromatic nitrogens is 4. The molecule has 0 saturated carbocycles. The van der Waals surface area contributed by atoms with Gasteiger partial charge in [-0.15, -0.1) is 0 Å². The van der Waals surface area contributed by atoms with Gasteiger partial charge in [-0.25, -0.2) is 19.3 Å². The van der Waals surface area contributed by atoms with Crippen molar-refractivity contribution in [2.75, 3.05) is 25.9 Å². The van der Waals surface area contributed by atoms with E-state index in [1.54, 1.807) is 18.2 Å². The van der Waals surface area contributed by atoms with Gasteiger partial charge in [0.2, 0.25) is 4.96 Å². The molecule has 1 aliphatic rings. The number of imidazole rings is 1. The van der Waals surface area contributed by atoms with Crippen molar-refractivity contribution in [1.82, 2.24) is 24.5 Å². The number of fused-ring (bicyclic) bond motifs is 1. The van der Waals surface area contributed by atoms with Crippen LogP contribution in [0.4, 0.5) is 23.8 Å². The van der Waals surface area contributed by atoms with E-state index in [-0.39, 0.29) is 11.7 Å². The minimum Gasteiger partial charge on any atom is -0.493 e. The van der Waals surface area contributed by atoms with E-state index < -0.39 is 23.7 Å². The van der Waals surface area contributed by atoms with Crippen LogP contribution in [0.25, 0.3) is 26.8 Å². The molecule has 0 aliphatic carbocycles. The number of rotatable bonds is 5. The van der Waals surface area contributed by atoms with E-state index in [4.69, 9.17) is 20.3 Å². The Bertz CT molecular complexity index is 1460. The average molecular weight is 535 g/mol. The van der Waals surface area contributed by atoms with Crippen LogP contribution in [-0.4, -0.2) is 62.0 Å². The molecule has 1 aromatic carbocycles. The second kappa shape index (κ2) is 9.42. The molecule has 0 bridgehead atoms. The summed E-state index contributed by atoms with van der Waals surface area (Å²) in [5.41, 5.74) is 5.63. The largest absolute Gasteiger partial charge is 0.493 e. The zero-order chi connectivity index (χ0) is 26.3. The fraction of sp³-hybridized carbons (Fsp3) is 0.304. The number of hydrogen-bond acceptors (Lipinski definition) is 8. The number of alkyl halides is 3. The SMILES string of the molecule is COc1cc(-c2nn3c(-c4cnc(N)c(C(F)(F)F)c4)cnc3s2)ccc1OC1CCN(C(=O)O)CC1. The highest BCUT2D eigenvalue weighted by Gasteiger charge is 2.34. The Kier molecular flexibility index (Phi) is 6.27. The van der Waals surface area contributed by atoms with E-state index in [2.05, 4.69) is 15.1 Å². The third-order valence-corrected chi connectivity index (χ3v) is 6.99. The number of amides is 1. The van der Waals surface area contributed by atoms with Gasteiger partial charge in [0.25, 0.3) is 0 Å². The predicted molar refractivity (Wildman–Crippen MR) is 129 cm³/mol. The highest BCUT2D eigenvalue weighted by molar-refractivity contribution is 7.19. The number of carboxylic acid groups (broad SMARTS) is 1. The summed E-state index contributed by atoms with van der Waals surface area (Å²) in [4.78, 5) is 20.9. The minimum atomic E-state index is -4.64. The van der Waals surface area contributed by atoms with Gasteiger partial charge in [-0.2, -0.15) is 18.3 Å². The van der Waals surface area contributed by atoms with Gasteiger partial charge in [0, 0.05) is 43.3 Å². The fourth-order valence-corrected chi connectivity index (χ4v) is 4.96. The Labute approximate surface area is 212 Å². The molecule has 14 heteroatoms. The van der Waals surface area contributed by atoms with Crippen molar-refractivity contribution in [1.29, 1.82) is 0 Å². The van der Waals surface area contributed by atoms with Crippen molar-refractivity contribution >= 4 is 28.2 Å². The van der Waals surface area contributed by atoms with E-state index in [1.165, 1.54) is 40.3 Å². The van der Waals surface area contributed by atoms with Crippen molar-refractivity contribution in [3.8, 4) is 33.3 Å². The first-order chi connectivity index (χ1) is 17.6. The lowest BCUT2D eigenvalue weighted by Crippen LogP contribution is -2.41. The molecule has 1 amide bonds. The first-order valence-corrected chi connectivity index (χ1v) is 12.0. The first-order valence-electron chi connectivity index (χ1n) is 11.1. The molecule has 0 spiro atoms. The number of carbonyl (C=O) groups is 1. The van der Waals surface area contributed by atoms with Crippen LogP contribution >= 0.6 is 11.3 Å². The number of nitrogen functional groups attached to an aromatic ring is 1. The van der Waals surface area contributed by atoms with Crippen LogP contribution in [0.2, 0.25) is 0 Å². The molecule has 1 aliphatic heterocycles. The summed E-state index contributed by atoms with van der Waals surface area (Å²) in [6, 6.07) is 6.24. The smallest absolute Gasteiger partial charge is 0.419 e. The third-order valence-electron chi connectivity index (χ3n) is 6.02. The summed E-state index contributed by atoms with van der Waals surface area (Å²) >= 11 is 1.26. The first kappa shape index (κ1) is 24.6. The number of nitrogens with two attached hydrogens (primary N) is 1. The average Bonchev–Trinajstić information content (AvgIpc) is 3.45. The Morgan fingerprint density at radius 2 is 1.89 bits per heavy atom. The molecule has 3 aromatic heterocycles. The number of halogens is 3. The summed E-state index contributed by atoms with van der Waals surface area (Å²) in [6.45, 7) is 0.797. The number of nitrogens with zero attached hydrogens (tertiary/aromatic N) is 5. The van der Waals surface area contributed by atoms with Gasteiger partial charge >= 0.3 is 12.3 Å². The molecule has 10 nitrogen and oxygen atoms in total. The summed E-state index contributed by atoms with van der Waals surface area (Å²) < 4.78 is 53.0. The van der Waals surface area contributed by atoms with E-state index in [9.17, 15) is 18.0 Å². The van der Waals surface area contributed by atoms with Crippen LogP contribution < -0.4 is 15.2 Å². The number of benzene rings is 1. The standard InChI is InChI=1S/C23H21F3N6O4S/c1-35-18-9-12(2-3-17(18)36-14-4-6-31(7-5-14)22(33)34)20-30-32-16(11-29-21(32)37-20)13-8-15(23(24,25)26)19(27)28-10-13/h2-3,8-11,14H,4-7H2,1H3,(H2,27,28)(H,33,34). The minimum absolute atomic E-state index is 0.142. The van der Waals surface area contributed by atoms with Crippen molar-refractivity contribution in [2.24, 2.45) is 0 Å². The molecule has 5 rings (SSSR count). The maximum Gasteiger partial charge on any atom is 0.419 e. The monoisotopic (exact) mass is 534 g/mol.